The maximum atomic E-state index is 15.3. The summed E-state index contributed by atoms with van der Waals surface area (Å²) in [5, 5.41) is -0.608. The van der Waals surface area contributed by atoms with Crippen LogP contribution in [0.25, 0.3) is 0 Å². The maximum Gasteiger partial charge on any atom is 0.221 e. The first-order valence-electron chi connectivity index (χ1n) is 11.6. The first-order chi connectivity index (χ1) is 15.8. The number of halogens is 1. The van der Waals surface area contributed by atoms with E-state index >= 15 is 4.39 Å². The van der Waals surface area contributed by atoms with Crippen molar-refractivity contribution in [2.75, 3.05) is 37.6 Å². The second-order valence-electron chi connectivity index (χ2n) is 8.93. The molecule has 8 heteroatoms. The average Bonchev–Trinajstić information content (AvgIpc) is 2.96. The number of hydrogen-bond acceptors (Lipinski definition) is 4. The van der Waals surface area contributed by atoms with Crippen LogP contribution in [0.15, 0.2) is 48.5 Å². The van der Waals surface area contributed by atoms with Crippen molar-refractivity contribution in [3.05, 3.63) is 65.5 Å². The van der Waals surface area contributed by atoms with Crippen LogP contribution in [-0.2, 0) is 14.8 Å². The summed E-state index contributed by atoms with van der Waals surface area (Å²) in [6.07, 6.45) is 2.14. The minimum atomic E-state index is -3.64. The van der Waals surface area contributed by atoms with E-state index in [-0.39, 0.29) is 5.91 Å². The molecule has 178 valence electrons. The van der Waals surface area contributed by atoms with Crippen LogP contribution in [0.4, 0.5) is 10.1 Å². The Morgan fingerprint density at radius 3 is 2.33 bits per heavy atom. The van der Waals surface area contributed by atoms with Gasteiger partial charge in [-0.05, 0) is 37.5 Å². The van der Waals surface area contributed by atoms with Crippen molar-refractivity contribution in [1.29, 1.82) is 0 Å². The summed E-state index contributed by atoms with van der Waals surface area (Å²) < 4.78 is 44.0. The molecule has 1 amide bonds. The Balaban J connectivity index is 1.55. The highest BCUT2D eigenvalue weighted by molar-refractivity contribution is 7.89. The van der Waals surface area contributed by atoms with Gasteiger partial charge in [-0.25, -0.2) is 12.8 Å². The van der Waals surface area contributed by atoms with Crippen molar-refractivity contribution in [3.63, 3.8) is 0 Å². The Bertz CT molecular complexity index is 1090. The zero-order chi connectivity index (χ0) is 23.6. The lowest BCUT2D eigenvalue weighted by Crippen LogP contribution is -2.48. The van der Waals surface area contributed by atoms with Crippen LogP contribution in [-0.4, -0.2) is 56.3 Å². The molecule has 33 heavy (non-hydrogen) atoms. The molecular weight excluding hydrogens is 441 g/mol. The SMILES string of the molecule is CC(=O)N1CCN(c2ccc([C@H](C)N3CCCC[C@@H](c4ccccc4)S3(=O)=O)c(F)c2)CC1. The van der Waals surface area contributed by atoms with E-state index in [1.807, 2.05) is 36.4 Å². The largest absolute Gasteiger partial charge is 0.368 e. The van der Waals surface area contributed by atoms with Gasteiger partial charge in [0.15, 0.2) is 0 Å². The van der Waals surface area contributed by atoms with E-state index in [9.17, 15) is 13.2 Å². The number of carbonyl (C=O) groups is 1. The van der Waals surface area contributed by atoms with Crippen LogP contribution in [0.2, 0.25) is 0 Å². The summed E-state index contributed by atoms with van der Waals surface area (Å²) in [4.78, 5) is 15.4. The molecule has 2 heterocycles. The molecule has 0 unspecified atom stereocenters. The second kappa shape index (κ2) is 9.81. The van der Waals surface area contributed by atoms with Gasteiger partial charge in [-0.3, -0.25) is 4.79 Å². The van der Waals surface area contributed by atoms with Gasteiger partial charge in [0.25, 0.3) is 0 Å². The Hall–Kier alpha value is -2.45. The van der Waals surface area contributed by atoms with Crippen LogP contribution in [0.3, 0.4) is 0 Å². The number of carbonyl (C=O) groups excluding carboxylic acids is 1. The lowest BCUT2D eigenvalue weighted by Gasteiger charge is -2.36. The Kier molecular flexibility index (Phi) is 7.05. The van der Waals surface area contributed by atoms with Gasteiger partial charge in [-0.15, -0.1) is 0 Å². The number of piperazine rings is 1. The first-order valence-corrected chi connectivity index (χ1v) is 13.1. The number of anilines is 1. The highest BCUT2D eigenvalue weighted by Gasteiger charge is 2.38. The summed E-state index contributed by atoms with van der Waals surface area (Å²) >= 11 is 0. The molecule has 2 aromatic rings. The van der Waals surface area contributed by atoms with Crippen LogP contribution >= 0.6 is 0 Å². The predicted molar refractivity (Wildman–Crippen MR) is 128 cm³/mol. The molecule has 2 fully saturated rings. The van der Waals surface area contributed by atoms with Crippen molar-refractivity contribution in [1.82, 2.24) is 9.21 Å². The van der Waals surface area contributed by atoms with Crippen molar-refractivity contribution in [2.45, 2.75) is 44.4 Å². The fourth-order valence-corrected chi connectivity index (χ4v) is 7.17. The molecule has 2 atom stereocenters. The number of hydrogen-bond donors (Lipinski definition) is 0. The number of amides is 1. The number of rotatable bonds is 4. The monoisotopic (exact) mass is 473 g/mol. The molecule has 2 aromatic carbocycles. The molecule has 6 nitrogen and oxygen atoms in total. The highest BCUT2D eigenvalue weighted by Crippen LogP contribution is 2.38. The van der Waals surface area contributed by atoms with Crippen molar-refractivity contribution in [2.24, 2.45) is 0 Å². The molecule has 2 aliphatic heterocycles. The summed E-state index contributed by atoms with van der Waals surface area (Å²) in [6, 6.07) is 13.8. The zero-order valence-electron chi connectivity index (χ0n) is 19.3. The van der Waals surface area contributed by atoms with E-state index in [2.05, 4.69) is 4.90 Å². The molecule has 0 aliphatic carbocycles. The Labute approximate surface area is 196 Å². The normalized spacial score (nSPS) is 22.6. The van der Waals surface area contributed by atoms with Gasteiger partial charge in [-0.1, -0.05) is 42.8 Å². The second-order valence-corrected chi connectivity index (χ2v) is 11.0. The molecule has 0 radical (unpaired) electrons. The molecule has 0 bridgehead atoms. The fourth-order valence-electron chi connectivity index (χ4n) is 4.94. The minimum absolute atomic E-state index is 0.0532. The molecule has 2 aliphatic rings. The third-order valence-corrected chi connectivity index (χ3v) is 9.29. The van der Waals surface area contributed by atoms with Gasteiger partial charge in [0, 0.05) is 56.9 Å². The zero-order valence-corrected chi connectivity index (χ0v) is 20.1. The van der Waals surface area contributed by atoms with Gasteiger partial charge in [0.1, 0.15) is 11.1 Å². The van der Waals surface area contributed by atoms with Crippen molar-refractivity contribution < 1.29 is 17.6 Å². The molecule has 2 saturated heterocycles. The highest BCUT2D eigenvalue weighted by atomic mass is 32.2. The number of nitrogens with zero attached hydrogens (tertiary/aromatic N) is 3. The van der Waals surface area contributed by atoms with Crippen LogP contribution in [0.5, 0.6) is 0 Å². The molecular formula is C25H32FN3O3S. The van der Waals surface area contributed by atoms with E-state index in [1.165, 1.54) is 10.4 Å². The molecule has 0 N–H and O–H groups in total. The third kappa shape index (κ3) is 4.92. The number of sulfonamides is 1. The lowest BCUT2D eigenvalue weighted by atomic mass is 10.1. The van der Waals surface area contributed by atoms with Crippen LogP contribution in [0.1, 0.15) is 55.5 Å². The topological polar surface area (TPSA) is 60.9 Å². The van der Waals surface area contributed by atoms with Crippen LogP contribution in [0, 0.1) is 5.82 Å². The van der Waals surface area contributed by atoms with E-state index in [1.54, 1.807) is 24.8 Å². The van der Waals surface area contributed by atoms with Gasteiger partial charge < -0.3 is 9.80 Å². The quantitative estimate of drug-likeness (QED) is 0.671. The molecule has 0 spiro atoms. The van der Waals surface area contributed by atoms with Gasteiger partial charge >= 0.3 is 0 Å². The first kappa shape index (κ1) is 23.7. The molecule has 0 aromatic heterocycles. The maximum absolute atomic E-state index is 15.3. The average molecular weight is 474 g/mol. The Morgan fingerprint density at radius 2 is 1.70 bits per heavy atom. The lowest BCUT2D eigenvalue weighted by molar-refractivity contribution is -0.129. The van der Waals surface area contributed by atoms with Crippen molar-refractivity contribution in [3.8, 4) is 0 Å². The van der Waals surface area contributed by atoms with E-state index in [0.717, 1.165) is 24.1 Å². The van der Waals surface area contributed by atoms with E-state index in [0.29, 0.717) is 44.7 Å². The summed E-state index contributed by atoms with van der Waals surface area (Å²) in [5.74, 6) is -0.345. The smallest absolute Gasteiger partial charge is 0.221 e. The van der Waals surface area contributed by atoms with Gasteiger partial charge in [0.2, 0.25) is 15.9 Å². The molecule has 0 saturated carbocycles. The fraction of sp³-hybridized carbons (Fsp3) is 0.480. The predicted octanol–water partition coefficient (Wildman–Crippen LogP) is 4.11. The van der Waals surface area contributed by atoms with Gasteiger partial charge in [0.05, 0.1) is 0 Å². The molecule has 4 rings (SSSR count). The standard InChI is InChI=1S/C25H32FN3O3S/c1-19(29-13-7-6-10-25(33(29,31)32)21-8-4-3-5-9-21)23-12-11-22(18-24(23)26)28-16-14-27(15-17-28)20(2)30/h3-5,8-9,11-12,18-19,25H,6-7,10,13-17H2,1-2H3/t19-,25-/m0/s1. The van der Waals surface area contributed by atoms with Crippen LogP contribution < -0.4 is 4.90 Å². The summed E-state index contributed by atoms with van der Waals surface area (Å²) in [6.45, 7) is 6.24. The van der Waals surface area contributed by atoms with Gasteiger partial charge in [-0.2, -0.15) is 4.31 Å². The number of benzene rings is 2. The third-order valence-electron chi connectivity index (χ3n) is 6.91. The Morgan fingerprint density at radius 1 is 1.00 bits per heavy atom. The minimum Gasteiger partial charge on any atom is -0.368 e. The van der Waals surface area contributed by atoms with Crippen molar-refractivity contribution >= 4 is 21.6 Å². The summed E-state index contributed by atoms with van der Waals surface area (Å²) in [5.41, 5.74) is 1.93. The summed E-state index contributed by atoms with van der Waals surface area (Å²) in [7, 11) is -3.64. The van der Waals surface area contributed by atoms with E-state index in [4.69, 9.17) is 0 Å². The van der Waals surface area contributed by atoms with E-state index < -0.39 is 27.1 Å².